The van der Waals surface area contributed by atoms with E-state index in [-0.39, 0.29) is 54.0 Å². The quantitative estimate of drug-likeness (QED) is 0.101. The van der Waals surface area contributed by atoms with Crippen LogP contribution in [0.5, 0.6) is 0 Å². The maximum Gasteiger partial charge on any atom is 0.417 e. The fourth-order valence-electron chi connectivity index (χ4n) is 4.20. The molecule has 0 saturated heterocycles. The molecule has 0 aliphatic rings. The van der Waals surface area contributed by atoms with E-state index in [9.17, 15) is 95.4 Å². The first kappa shape index (κ1) is 54.7. The zero-order chi connectivity index (χ0) is 48.0. The Balaban J connectivity index is 0.000000305. The van der Waals surface area contributed by atoms with Gasteiger partial charge in [0.1, 0.15) is 0 Å². The zero-order valence-corrected chi connectivity index (χ0v) is 33.4. The number of nitrogens with zero attached hydrogens (tertiary/aromatic N) is 4. The van der Waals surface area contributed by atoms with Crippen molar-refractivity contribution >= 4 is 7.81 Å². The normalized spacial score (nSPS) is 13.0. The van der Waals surface area contributed by atoms with Gasteiger partial charge in [-0.2, -0.15) is 52.7 Å². The van der Waals surface area contributed by atoms with E-state index in [1.54, 1.807) is 0 Å². The third kappa shape index (κ3) is 18.7. The number of rotatable bonds is 3. The van der Waals surface area contributed by atoms with Crippen molar-refractivity contribution < 1.29 is 116 Å². The fraction of sp³-hybridized carbons (Fsp3) is 0.111. The van der Waals surface area contributed by atoms with Crippen LogP contribution in [-0.2, 0) is 44.8 Å². The zero-order valence-electron chi connectivity index (χ0n) is 30.1. The molecule has 0 aliphatic carbocycles. The van der Waals surface area contributed by atoms with E-state index in [1.807, 2.05) is 0 Å². The third-order valence-electron chi connectivity index (χ3n) is 6.85. The summed E-state index contributed by atoms with van der Waals surface area (Å²) >= 11 is 0. The van der Waals surface area contributed by atoms with Crippen molar-refractivity contribution in [2.75, 3.05) is 0 Å². The van der Waals surface area contributed by atoms with Crippen LogP contribution in [0.1, 0.15) is 22.3 Å². The van der Waals surface area contributed by atoms with E-state index >= 15 is 0 Å². The van der Waals surface area contributed by atoms with Crippen molar-refractivity contribution in [3.8, 4) is 33.9 Å². The second kappa shape index (κ2) is 19.4. The molecule has 0 unspecified atom stereocenters. The Labute approximate surface area is 356 Å². The SMILES string of the molecule is FC(F)(F)c1ccnc(-c2cc(C(F)(F)F)ccn2)c1.F[P-](F)(F)(F)(F)F.Fc1c[c-]c(-c2ccc(C(F)(F)F)cn2)c(F)c1.Fc1c[c-]c(-c2ccc(C(F)(F)F)cn2)c(F)c1.[Ir]. The number of alkyl halides is 12. The van der Waals surface area contributed by atoms with Gasteiger partial charge < -0.3 is 9.97 Å². The number of hydrogen-bond donors (Lipinski definition) is 0. The molecule has 4 heterocycles. The molecule has 0 saturated carbocycles. The van der Waals surface area contributed by atoms with E-state index in [0.717, 1.165) is 60.9 Å². The van der Waals surface area contributed by atoms with Crippen molar-refractivity contribution in [2.45, 2.75) is 24.7 Å². The van der Waals surface area contributed by atoms with Crippen molar-refractivity contribution in [3.63, 3.8) is 0 Å². The largest absolute Gasteiger partial charge is 0.417 e. The molecule has 0 bridgehead atoms. The van der Waals surface area contributed by atoms with E-state index in [0.29, 0.717) is 36.7 Å². The van der Waals surface area contributed by atoms with Gasteiger partial charge in [-0.1, -0.05) is 47.5 Å². The second-order valence-electron chi connectivity index (χ2n) is 11.8. The number of halogens is 22. The summed E-state index contributed by atoms with van der Waals surface area (Å²) in [5, 5.41) is 0. The van der Waals surface area contributed by atoms with Gasteiger partial charge in [0.05, 0.1) is 33.6 Å². The summed E-state index contributed by atoms with van der Waals surface area (Å²) in [6, 6.07) is 13.9. The average molecular weight is 1150 g/mol. The van der Waals surface area contributed by atoms with Crippen molar-refractivity contribution in [3.05, 3.63) is 155 Å². The van der Waals surface area contributed by atoms with Crippen LogP contribution in [-0.4, -0.2) is 19.9 Å². The van der Waals surface area contributed by atoms with Gasteiger partial charge in [-0.25, -0.2) is 0 Å². The summed E-state index contributed by atoms with van der Waals surface area (Å²) in [4.78, 5) is 14.2. The molecule has 6 rings (SSSR count). The number of pyridine rings is 4. The van der Waals surface area contributed by atoms with E-state index in [4.69, 9.17) is 0 Å². The monoisotopic (exact) mass is 1150 g/mol. The van der Waals surface area contributed by atoms with Gasteiger partial charge in [-0.05, 0) is 35.7 Å². The summed E-state index contributed by atoms with van der Waals surface area (Å²) in [5.41, 5.74) is -4.85. The van der Waals surface area contributed by atoms with Gasteiger partial charge in [-0.3, -0.25) is 27.5 Å². The predicted octanol–water partition coefficient (Wildman–Crippen LogP) is 15.3. The maximum atomic E-state index is 13.3. The molecule has 1 radical (unpaired) electrons. The first-order chi connectivity index (χ1) is 28.4. The van der Waals surface area contributed by atoms with Crippen LogP contribution < -0.4 is 0 Å². The van der Waals surface area contributed by atoms with Crippen LogP contribution in [0.25, 0.3) is 33.9 Å². The van der Waals surface area contributed by atoms with E-state index in [1.165, 1.54) is 0 Å². The van der Waals surface area contributed by atoms with Gasteiger partial charge in [0.25, 0.3) is 0 Å². The van der Waals surface area contributed by atoms with E-state index in [2.05, 4.69) is 32.1 Å². The molecular formula is C36H16F22IrN4P-3. The van der Waals surface area contributed by atoms with Gasteiger partial charge in [-0.15, -0.1) is 24.3 Å². The summed E-state index contributed by atoms with van der Waals surface area (Å²) < 4.78 is 260. The van der Waals surface area contributed by atoms with Crippen molar-refractivity contribution in [1.82, 2.24) is 19.9 Å². The molecular weight excluding hydrogens is 1130 g/mol. The van der Waals surface area contributed by atoms with E-state index < -0.39 is 78.0 Å². The molecule has 351 valence electrons. The Morgan fingerprint density at radius 3 is 0.922 bits per heavy atom. The summed E-state index contributed by atoms with van der Waals surface area (Å²) in [5.74, 6) is -3.49. The molecule has 4 nitrogen and oxygen atoms in total. The van der Waals surface area contributed by atoms with Gasteiger partial charge in [0, 0.05) is 68.2 Å². The second-order valence-corrected chi connectivity index (χ2v) is 13.7. The minimum atomic E-state index is -10.7. The summed E-state index contributed by atoms with van der Waals surface area (Å²) in [6.07, 6.45) is -15.3. The van der Waals surface area contributed by atoms with Crippen molar-refractivity contribution in [2.24, 2.45) is 0 Å². The Bertz CT molecular complexity index is 2320. The van der Waals surface area contributed by atoms with Crippen LogP contribution in [0.2, 0.25) is 0 Å². The Hall–Kier alpha value is -5.42. The molecule has 0 fully saturated rings. The molecule has 0 spiro atoms. The average Bonchev–Trinajstić information content (AvgIpc) is 3.13. The minimum Gasteiger partial charge on any atom is -0.304 e. The maximum absolute atomic E-state index is 13.3. The number of hydrogen-bond acceptors (Lipinski definition) is 4. The predicted molar refractivity (Wildman–Crippen MR) is 178 cm³/mol. The van der Waals surface area contributed by atoms with Crippen LogP contribution in [0.4, 0.5) is 95.4 Å². The van der Waals surface area contributed by atoms with Crippen LogP contribution in [0.15, 0.2) is 97.6 Å². The third-order valence-corrected chi connectivity index (χ3v) is 6.85. The molecule has 28 heteroatoms. The Morgan fingerprint density at radius 1 is 0.391 bits per heavy atom. The Morgan fingerprint density at radius 2 is 0.688 bits per heavy atom. The molecule has 64 heavy (non-hydrogen) atoms. The molecule has 0 atom stereocenters. The number of aromatic nitrogens is 4. The van der Waals surface area contributed by atoms with Gasteiger partial charge in [0.2, 0.25) is 0 Å². The van der Waals surface area contributed by atoms with Crippen molar-refractivity contribution in [1.29, 1.82) is 0 Å². The van der Waals surface area contributed by atoms with Crippen LogP contribution in [0.3, 0.4) is 0 Å². The summed E-state index contributed by atoms with van der Waals surface area (Å²) in [6.45, 7) is 0. The van der Waals surface area contributed by atoms with Gasteiger partial charge >= 0.3 is 57.7 Å². The molecule has 0 N–H and O–H groups in total. The fourth-order valence-corrected chi connectivity index (χ4v) is 4.20. The minimum absolute atomic E-state index is 0. The molecule has 4 aromatic heterocycles. The Kier molecular flexibility index (Phi) is 16.5. The molecule has 0 aliphatic heterocycles. The standard InChI is InChI=1S/C12H6F6N2.2C12H5F5N.F6P.Ir/c13-11(14,15)7-1-3-19-9(5-7)10-6-8(2-4-20-10)12(16,17)18;2*13-8-2-3-9(10(14)5-8)11-4-1-7(6-18-11)12(15,16)17;1-7(2,3,4,5)6;/h1-6H;2*1-2,4-6H;;/q;3*-1;. The van der Waals surface area contributed by atoms with Crippen LogP contribution in [0, 0.1) is 35.4 Å². The summed E-state index contributed by atoms with van der Waals surface area (Å²) in [7, 11) is -10.7. The molecule has 6 aromatic rings. The molecule has 2 aromatic carbocycles. The van der Waals surface area contributed by atoms with Crippen LogP contribution >= 0.6 is 7.81 Å². The first-order valence-corrected chi connectivity index (χ1v) is 17.9. The first-order valence-electron chi connectivity index (χ1n) is 15.8. The smallest absolute Gasteiger partial charge is 0.304 e. The number of benzene rings is 2. The van der Waals surface area contributed by atoms with Gasteiger partial charge in [0.15, 0.2) is 0 Å². The molecule has 0 amide bonds. The topological polar surface area (TPSA) is 51.6 Å².